The summed E-state index contributed by atoms with van der Waals surface area (Å²) >= 11 is 0. The standard InChI is InChI=1S/C14H16F3NO3/c15-14(16,17)10-20-13(19)18-8-6-12(7-9-18)21-11-4-2-1-3-5-11/h1-5,12H,6-10H2. The minimum absolute atomic E-state index is 0.0425. The van der Waals surface area contributed by atoms with E-state index in [9.17, 15) is 18.0 Å². The van der Waals surface area contributed by atoms with Crippen molar-refractivity contribution < 1.29 is 27.4 Å². The summed E-state index contributed by atoms with van der Waals surface area (Å²) in [5, 5.41) is 0. The second kappa shape index (κ2) is 6.69. The summed E-state index contributed by atoms with van der Waals surface area (Å²) in [6.45, 7) is -0.894. The molecule has 1 aromatic carbocycles. The van der Waals surface area contributed by atoms with Crippen molar-refractivity contribution in [1.29, 1.82) is 0 Å². The van der Waals surface area contributed by atoms with Crippen LogP contribution in [0.2, 0.25) is 0 Å². The molecule has 0 bridgehead atoms. The van der Waals surface area contributed by atoms with Gasteiger partial charge in [0.05, 0.1) is 0 Å². The van der Waals surface area contributed by atoms with E-state index in [0.717, 1.165) is 5.75 Å². The largest absolute Gasteiger partial charge is 0.490 e. The Labute approximate surface area is 120 Å². The number of carbonyl (C=O) groups excluding carboxylic acids is 1. The molecule has 0 radical (unpaired) electrons. The van der Waals surface area contributed by atoms with Crippen molar-refractivity contribution in [2.45, 2.75) is 25.1 Å². The summed E-state index contributed by atoms with van der Waals surface area (Å²) in [6, 6.07) is 9.28. The first-order chi connectivity index (χ1) is 9.94. The Morgan fingerprint density at radius 3 is 2.38 bits per heavy atom. The fourth-order valence-corrected chi connectivity index (χ4v) is 2.08. The SMILES string of the molecule is O=C(OCC(F)(F)F)N1CCC(Oc2ccccc2)CC1. The van der Waals surface area contributed by atoms with Gasteiger partial charge in [0.25, 0.3) is 0 Å². The van der Waals surface area contributed by atoms with E-state index in [0.29, 0.717) is 25.9 Å². The lowest BCUT2D eigenvalue weighted by Crippen LogP contribution is -2.42. The Hall–Kier alpha value is -1.92. The van der Waals surface area contributed by atoms with Gasteiger partial charge in [-0.05, 0) is 12.1 Å². The Morgan fingerprint density at radius 2 is 1.81 bits per heavy atom. The molecule has 1 saturated heterocycles. The lowest BCUT2D eigenvalue weighted by Gasteiger charge is -2.31. The third-order valence-electron chi connectivity index (χ3n) is 3.11. The van der Waals surface area contributed by atoms with Gasteiger partial charge >= 0.3 is 12.3 Å². The summed E-state index contributed by atoms with van der Waals surface area (Å²) in [7, 11) is 0. The smallest absolute Gasteiger partial charge is 0.422 e. The van der Waals surface area contributed by atoms with Gasteiger partial charge < -0.3 is 14.4 Å². The highest BCUT2D eigenvalue weighted by Gasteiger charge is 2.32. The quantitative estimate of drug-likeness (QED) is 0.860. The summed E-state index contributed by atoms with van der Waals surface area (Å²) in [6.07, 6.45) is -4.33. The summed E-state index contributed by atoms with van der Waals surface area (Å²) in [5.41, 5.74) is 0. The number of carbonyl (C=O) groups is 1. The molecule has 1 fully saturated rings. The number of ether oxygens (including phenoxy) is 2. The van der Waals surface area contributed by atoms with Crippen LogP contribution < -0.4 is 4.74 Å². The van der Waals surface area contributed by atoms with Gasteiger partial charge in [-0.1, -0.05) is 18.2 Å². The average molecular weight is 303 g/mol. The molecule has 1 amide bonds. The van der Waals surface area contributed by atoms with Gasteiger partial charge in [0.2, 0.25) is 0 Å². The zero-order valence-electron chi connectivity index (χ0n) is 11.3. The maximum absolute atomic E-state index is 12.0. The van der Waals surface area contributed by atoms with Crippen molar-refractivity contribution in [1.82, 2.24) is 4.90 Å². The van der Waals surface area contributed by atoms with Gasteiger partial charge in [-0.3, -0.25) is 0 Å². The molecule has 0 spiro atoms. The molecule has 7 heteroatoms. The van der Waals surface area contributed by atoms with E-state index in [1.807, 2.05) is 30.3 Å². The first kappa shape index (κ1) is 15.5. The van der Waals surface area contributed by atoms with Crippen LogP contribution in [0.3, 0.4) is 0 Å². The molecule has 0 unspecified atom stereocenters. The number of rotatable bonds is 3. The molecule has 2 rings (SSSR count). The zero-order valence-corrected chi connectivity index (χ0v) is 11.3. The fraction of sp³-hybridized carbons (Fsp3) is 0.500. The summed E-state index contributed by atoms with van der Waals surface area (Å²) in [4.78, 5) is 12.7. The average Bonchev–Trinajstić information content (AvgIpc) is 2.46. The molecule has 1 aromatic rings. The molecule has 0 aliphatic carbocycles. The highest BCUT2D eigenvalue weighted by molar-refractivity contribution is 5.67. The highest BCUT2D eigenvalue weighted by Crippen LogP contribution is 2.20. The molecule has 0 atom stereocenters. The van der Waals surface area contributed by atoms with E-state index < -0.39 is 18.9 Å². The third-order valence-corrected chi connectivity index (χ3v) is 3.11. The monoisotopic (exact) mass is 303 g/mol. The van der Waals surface area contributed by atoms with Crippen LogP contribution in [0.15, 0.2) is 30.3 Å². The minimum atomic E-state index is -4.50. The van der Waals surface area contributed by atoms with E-state index in [1.54, 1.807) is 0 Å². The molecule has 21 heavy (non-hydrogen) atoms. The third kappa shape index (κ3) is 5.17. The molecule has 1 aliphatic heterocycles. The Balaban J connectivity index is 1.74. The van der Waals surface area contributed by atoms with E-state index in [4.69, 9.17) is 4.74 Å². The van der Waals surface area contributed by atoms with Crippen molar-refractivity contribution in [2.75, 3.05) is 19.7 Å². The molecule has 0 N–H and O–H groups in total. The summed E-state index contributed by atoms with van der Waals surface area (Å²) in [5.74, 6) is 0.746. The van der Waals surface area contributed by atoms with Crippen molar-refractivity contribution in [3.05, 3.63) is 30.3 Å². The molecule has 116 valence electrons. The number of para-hydroxylation sites is 1. The van der Waals surface area contributed by atoms with Gasteiger partial charge in [-0.2, -0.15) is 13.2 Å². The van der Waals surface area contributed by atoms with Crippen molar-refractivity contribution in [3.8, 4) is 5.75 Å². The van der Waals surface area contributed by atoms with E-state index in [-0.39, 0.29) is 6.10 Å². The molecular formula is C14H16F3NO3. The van der Waals surface area contributed by atoms with Gasteiger partial charge in [0.15, 0.2) is 6.61 Å². The van der Waals surface area contributed by atoms with Gasteiger partial charge in [-0.15, -0.1) is 0 Å². The number of hydrogen-bond acceptors (Lipinski definition) is 3. The van der Waals surface area contributed by atoms with Crippen LogP contribution in [0.5, 0.6) is 5.75 Å². The highest BCUT2D eigenvalue weighted by atomic mass is 19.4. The van der Waals surface area contributed by atoms with Crippen LogP contribution in [-0.2, 0) is 4.74 Å². The number of benzene rings is 1. The maximum atomic E-state index is 12.0. The topological polar surface area (TPSA) is 38.8 Å². The van der Waals surface area contributed by atoms with Gasteiger partial charge in [0, 0.05) is 25.9 Å². The maximum Gasteiger partial charge on any atom is 0.422 e. The number of halogens is 3. The number of alkyl halides is 3. The van der Waals surface area contributed by atoms with Crippen molar-refractivity contribution >= 4 is 6.09 Å². The molecule has 0 aromatic heterocycles. The van der Waals surface area contributed by atoms with Crippen LogP contribution in [-0.4, -0.2) is 43.0 Å². The predicted molar refractivity (Wildman–Crippen MR) is 69.1 cm³/mol. The van der Waals surface area contributed by atoms with Crippen LogP contribution in [0.4, 0.5) is 18.0 Å². The first-order valence-corrected chi connectivity index (χ1v) is 6.64. The molecule has 0 saturated carbocycles. The minimum Gasteiger partial charge on any atom is -0.490 e. The first-order valence-electron chi connectivity index (χ1n) is 6.64. The van der Waals surface area contributed by atoms with Crippen molar-refractivity contribution in [2.24, 2.45) is 0 Å². The summed E-state index contributed by atoms with van der Waals surface area (Å²) < 4.78 is 45.9. The van der Waals surface area contributed by atoms with Crippen LogP contribution >= 0.6 is 0 Å². The zero-order chi connectivity index (χ0) is 15.3. The molecule has 1 aliphatic rings. The second-order valence-electron chi connectivity index (χ2n) is 4.79. The second-order valence-corrected chi connectivity index (χ2v) is 4.79. The number of likely N-dealkylation sites (tertiary alicyclic amines) is 1. The van der Waals surface area contributed by atoms with Gasteiger partial charge in [-0.25, -0.2) is 4.79 Å². The Morgan fingerprint density at radius 1 is 1.19 bits per heavy atom. The number of amides is 1. The Kier molecular flexibility index (Phi) is 4.93. The molecular weight excluding hydrogens is 287 g/mol. The molecule has 4 nitrogen and oxygen atoms in total. The number of nitrogens with zero attached hydrogens (tertiary/aromatic N) is 1. The predicted octanol–water partition coefficient (Wildman–Crippen LogP) is 3.23. The fourth-order valence-electron chi connectivity index (χ4n) is 2.08. The van der Waals surface area contributed by atoms with Gasteiger partial charge in [0.1, 0.15) is 11.9 Å². The Bertz CT molecular complexity index is 456. The van der Waals surface area contributed by atoms with E-state index in [2.05, 4.69) is 4.74 Å². The van der Waals surface area contributed by atoms with E-state index >= 15 is 0 Å². The number of piperidine rings is 1. The normalized spacial score (nSPS) is 16.6. The lowest BCUT2D eigenvalue weighted by molar-refractivity contribution is -0.162. The van der Waals surface area contributed by atoms with Crippen LogP contribution in [0.25, 0.3) is 0 Å². The van der Waals surface area contributed by atoms with Crippen LogP contribution in [0, 0.1) is 0 Å². The van der Waals surface area contributed by atoms with Crippen LogP contribution in [0.1, 0.15) is 12.8 Å². The van der Waals surface area contributed by atoms with E-state index in [1.165, 1.54) is 4.90 Å². The lowest BCUT2D eigenvalue weighted by atomic mass is 10.1. The molecule has 1 heterocycles. The van der Waals surface area contributed by atoms with Crippen molar-refractivity contribution in [3.63, 3.8) is 0 Å². The number of hydrogen-bond donors (Lipinski definition) is 0.